The van der Waals surface area contributed by atoms with Gasteiger partial charge >= 0.3 is 0 Å². The van der Waals surface area contributed by atoms with Gasteiger partial charge in [0.15, 0.2) is 0 Å². The second-order valence-corrected chi connectivity index (χ2v) is 10.5. The lowest BCUT2D eigenvalue weighted by Gasteiger charge is -2.25. The summed E-state index contributed by atoms with van der Waals surface area (Å²) in [6.07, 6.45) is 1.55. The van der Waals surface area contributed by atoms with E-state index in [0.29, 0.717) is 5.69 Å². The summed E-state index contributed by atoms with van der Waals surface area (Å²) < 4.78 is 28.3. The molecule has 0 saturated carbocycles. The Kier molecular flexibility index (Phi) is 8.66. The van der Waals surface area contributed by atoms with Crippen LogP contribution in [0.15, 0.2) is 90.3 Å². The van der Waals surface area contributed by atoms with E-state index in [2.05, 4.69) is 17.2 Å². The molecule has 0 radical (unpaired) electrons. The molecule has 0 saturated heterocycles. The maximum Gasteiger partial charge on any atom is 0.264 e. The van der Waals surface area contributed by atoms with E-state index < -0.39 is 22.5 Å². The maximum atomic E-state index is 13.6. The fourth-order valence-corrected chi connectivity index (χ4v) is 4.97. The number of para-hydroxylation sites is 1. The number of hydrogen-bond acceptors (Lipinski definition) is 4. The third kappa shape index (κ3) is 6.40. The first-order valence-electron chi connectivity index (χ1n) is 11.6. The Hall–Kier alpha value is -3.91. The fourth-order valence-electron chi connectivity index (χ4n) is 3.55. The topological polar surface area (TPSA) is 95.6 Å². The second-order valence-electron chi connectivity index (χ2n) is 8.66. The Bertz CT molecular complexity index is 1330. The van der Waals surface area contributed by atoms with E-state index in [1.165, 1.54) is 12.1 Å². The number of rotatable bonds is 10. The van der Waals surface area contributed by atoms with Gasteiger partial charge in [-0.2, -0.15) is 0 Å². The predicted molar refractivity (Wildman–Crippen MR) is 144 cm³/mol. The summed E-state index contributed by atoms with van der Waals surface area (Å²) >= 11 is 0. The molecule has 0 spiro atoms. The molecule has 0 fully saturated rings. The van der Waals surface area contributed by atoms with E-state index in [1.54, 1.807) is 54.6 Å². The smallest absolute Gasteiger partial charge is 0.264 e. The van der Waals surface area contributed by atoms with Crippen molar-refractivity contribution in [2.75, 3.05) is 22.7 Å². The second kappa shape index (κ2) is 11.7. The first kappa shape index (κ1) is 26.7. The van der Waals surface area contributed by atoms with Crippen molar-refractivity contribution in [1.29, 1.82) is 0 Å². The van der Waals surface area contributed by atoms with Crippen LogP contribution in [0.4, 0.5) is 11.4 Å². The Morgan fingerprint density at radius 1 is 0.972 bits per heavy atom. The molecule has 0 aromatic heterocycles. The fraction of sp³-hybridized carbons (Fsp3) is 0.214. The number of carbonyl (C=O) groups excluding carboxylic acids is 2. The third-order valence-electron chi connectivity index (χ3n) is 5.60. The van der Waals surface area contributed by atoms with E-state index >= 15 is 0 Å². The lowest BCUT2D eigenvalue weighted by atomic mass is 10.0. The molecule has 3 aromatic rings. The van der Waals surface area contributed by atoms with E-state index in [4.69, 9.17) is 0 Å². The van der Waals surface area contributed by atoms with Crippen molar-refractivity contribution in [3.63, 3.8) is 0 Å². The van der Waals surface area contributed by atoms with Gasteiger partial charge in [-0.05, 0) is 54.8 Å². The van der Waals surface area contributed by atoms with Crippen LogP contribution in [-0.2, 0) is 14.8 Å². The van der Waals surface area contributed by atoms with E-state index in [-0.39, 0.29) is 34.5 Å². The zero-order chi connectivity index (χ0) is 26.3. The van der Waals surface area contributed by atoms with E-state index in [1.807, 2.05) is 32.9 Å². The number of amides is 2. The molecule has 0 unspecified atom stereocenters. The van der Waals surface area contributed by atoms with Gasteiger partial charge in [-0.1, -0.05) is 61.9 Å². The van der Waals surface area contributed by atoms with Gasteiger partial charge in [-0.15, -0.1) is 6.58 Å². The van der Waals surface area contributed by atoms with Gasteiger partial charge in [-0.25, -0.2) is 8.42 Å². The van der Waals surface area contributed by atoms with E-state index in [0.717, 1.165) is 15.4 Å². The third-order valence-corrected chi connectivity index (χ3v) is 7.38. The van der Waals surface area contributed by atoms with Crippen LogP contribution in [0.25, 0.3) is 0 Å². The first-order chi connectivity index (χ1) is 17.1. The van der Waals surface area contributed by atoms with Crippen LogP contribution in [-0.4, -0.2) is 33.3 Å². The average Bonchev–Trinajstić information content (AvgIpc) is 2.86. The average molecular weight is 506 g/mol. The Morgan fingerprint density at radius 2 is 1.61 bits per heavy atom. The minimum atomic E-state index is -4.05. The van der Waals surface area contributed by atoms with Gasteiger partial charge in [0.05, 0.1) is 21.8 Å². The Labute approximate surface area is 212 Å². The number of benzene rings is 3. The summed E-state index contributed by atoms with van der Waals surface area (Å²) in [5, 5.41) is 5.38. The molecule has 8 heteroatoms. The first-order valence-corrected chi connectivity index (χ1v) is 13.0. The molecule has 0 aliphatic heterocycles. The Balaban J connectivity index is 1.94. The SMILES string of the molecule is C=CCNC(=O)c1ccccc1NC(=O)CN(c1ccc(C(C)C)cc1)S(=O)(=O)c1ccc(C)cc1. The molecule has 0 heterocycles. The van der Waals surface area contributed by atoms with Crippen molar-refractivity contribution < 1.29 is 18.0 Å². The summed E-state index contributed by atoms with van der Waals surface area (Å²) in [6.45, 7) is 9.35. The highest BCUT2D eigenvalue weighted by molar-refractivity contribution is 7.92. The number of nitrogens with one attached hydrogen (secondary N) is 2. The molecular weight excluding hydrogens is 474 g/mol. The van der Waals surface area contributed by atoms with Crippen LogP contribution in [0, 0.1) is 6.92 Å². The lowest BCUT2D eigenvalue weighted by Crippen LogP contribution is -2.38. The lowest BCUT2D eigenvalue weighted by molar-refractivity contribution is -0.114. The molecule has 7 nitrogen and oxygen atoms in total. The van der Waals surface area contributed by atoms with Crippen molar-refractivity contribution in [3.05, 3.63) is 102 Å². The van der Waals surface area contributed by atoms with Crippen molar-refractivity contribution in [1.82, 2.24) is 5.32 Å². The standard InChI is InChI=1S/C28H31N3O4S/c1-5-18-29-28(33)25-8-6-7-9-26(25)30-27(32)19-31(23-14-12-22(13-15-23)20(2)3)36(34,35)24-16-10-21(4)11-17-24/h5-17,20H,1,18-19H2,2-4H3,(H,29,33)(H,30,32). The number of hydrogen-bond donors (Lipinski definition) is 2. The Morgan fingerprint density at radius 3 is 2.22 bits per heavy atom. The zero-order valence-corrected chi connectivity index (χ0v) is 21.5. The number of carbonyl (C=O) groups is 2. The molecule has 0 atom stereocenters. The predicted octanol–water partition coefficient (Wildman–Crippen LogP) is 4.87. The zero-order valence-electron chi connectivity index (χ0n) is 20.7. The highest BCUT2D eigenvalue weighted by atomic mass is 32.2. The quantitative estimate of drug-likeness (QED) is 0.384. The molecule has 2 N–H and O–H groups in total. The normalized spacial score (nSPS) is 11.1. The summed E-state index contributed by atoms with van der Waals surface area (Å²) in [7, 11) is -4.05. The molecule has 0 aliphatic rings. The summed E-state index contributed by atoms with van der Waals surface area (Å²) in [6, 6.07) is 20.1. The van der Waals surface area contributed by atoms with Crippen LogP contribution < -0.4 is 14.9 Å². The number of sulfonamides is 1. The highest BCUT2D eigenvalue weighted by Crippen LogP contribution is 2.26. The van der Waals surface area contributed by atoms with Crippen molar-refractivity contribution in [2.24, 2.45) is 0 Å². The molecule has 36 heavy (non-hydrogen) atoms. The largest absolute Gasteiger partial charge is 0.349 e. The van der Waals surface area contributed by atoms with Gasteiger partial charge in [0, 0.05) is 6.54 Å². The maximum absolute atomic E-state index is 13.6. The highest BCUT2D eigenvalue weighted by Gasteiger charge is 2.28. The summed E-state index contributed by atoms with van der Waals surface area (Å²) in [4.78, 5) is 25.7. The number of aryl methyl sites for hydroxylation is 1. The van der Waals surface area contributed by atoms with Gasteiger partial charge in [-0.3, -0.25) is 13.9 Å². The minimum Gasteiger partial charge on any atom is -0.349 e. The van der Waals surface area contributed by atoms with Gasteiger partial charge in [0.2, 0.25) is 5.91 Å². The van der Waals surface area contributed by atoms with E-state index in [9.17, 15) is 18.0 Å². The van der Waals surface area contributed by atoms with Crippen molar-refractivity contribution >= 4 is 33.2 Å². The van der Waals surface area contributed by atoms with Crippen LogP contribution in [0.3, 0.4) is 0 Å². The monoisotopic (exact) mass is 505 g/mol. The summed E-state index contributed by atoms with van der Waals surface area (Å²) in [5.74, 6) is -0.685. The molecule has 2 amide bonds. The van der Waals surface area contributed by atoms with Gasteiger partial charge < -0.3 is 10.6 Å². The molecular formula is C28H31N3O4S. The molecule has 3 rings (SSSR count). The van der Waals surface area contributed by atoms with Crippen LogP contribution in [0.2, 0.25) is 0 Å². The molecule has 0 bridgehead atoms. The minimum absolute atomic E-state index is 0.0815. The molecule has 0 aliphatic carbocycles. The van der Waals surface area contributed by atoms with Crippen LogP contribution in [0.5, 0.6) is 0 Å². The molecule has 188 valence electrons. The van der Waals surface area contributed by atoms with Gasteiger partial charge in [0.25, 0.3) is 15.9 Å². The van der Waals surface area contributed by atoms with Crippen LogP contribution >= 0.6 is 0 Å². The number of anilines is 2. The van der Waals surface area contributed by atoms with Crippen LogP contribution in [0.1, 0.15) is 41.3 Å². The number of nitrogens with zero attached hydrogens (tertiary/aromatic N) is 1. The van der Waals surface area contributed by atoms with Gasteiger partial charge in [0.1, 0.15) is 6.54 Å². The molecule has 3 aromatic carbocycles. The van der Waals surface area contributed by atoms with Crippen molar-refractivity contribution in [3.8, 4) is 0 Å². The summed E-state index contributed by atoms with van der Waals surface area (Å²) in [5.41, 5.74) is 2.89. The van der Waals surface area contributed by atoms with Crippen molar-refractivity contribution in [2.45, 2.75) is 31.6 Å².